The van der Waals surface area contributed by atoms with Gasteiger partial charge in [-0.3, -0.25) is 9.11 Å². The molecule has 5 aliphatic rings. The SMILES string of the molecule is COc1nc(-c2cc(O)cc3cccc(F)c23)c(F)c2nc(OCC34CCCC3N(C3CC5(C3)CS(=O)C5)CCC4)nc(N3CCOCC(C)(O)C3)c12. The summed E-state index contributed by atoms with van der Waals surface area (Å²) in [4.78, 5) is 18.6. The number of methoxy groups -OCH3 is 1. The van der Waals surface area contributed by atoms with Crippen LogP contribution >= 0.6 is 0 Å². The molecular weight excluding hydrogens is 705 g/mol. The summed E-state index contributed by atoms with van der Waals surface area (Å²) in [5, 5.41) is 22.4. The van der Waals surface area contributed by atoms with E-state index in [0.717, 1.165) is 63.0 Å². The van der Waals surface area contributed by atoms with Crippen molar-refractivity contribution in [3.8, 4) is 28.9 Å². The van der Waals surface area contributed by atoms with Crippen molar-refractivity contribution in [2.24, 2.45) is 10.8 Å². The number of aliphatic hydroxyl groups is 1. The van der Waals surface area contributed by atoms with Gasteiger partial charge in [0.1, 0.15) is 39.6 Å². The van der Waals surface area contributed by atoms with Crippen LogP contribution in [-0.4, -0.2) is 110 Å². The number of fused-ring (bicyclic) bond motifs is 3. The average molecular weight is 750 g/mol. The average Bonchev–Trinajstić information content (AvgIpc) is 3.45. The first-order valence-electron chi connectivity index (χ1n) is 18.6. The van der Waals surface area contributed by atoms with Crippen LogP contribution in [0.5, 0.6) is 17.6 Å². The second-order valence-corrected chi connectivity index (χ2v) is 17.8. The predicted octanol–water partition coefficient (Wildman–Crippen LogP) is 5.35. The van der Waals surface area contributed by atoms with E-state index in [2.05, 4.69) is 14.9 Å². The molecule has 3 unspecified atom stereocenters. The summed E-state index contributed by atoms with van der Waals surface area (Å²) in [6, 6.07) is 7.97. The van der Waals surface area contributed by atoms with Crippen LogP contribution in [0.2, 0.25) is 0 Å². The van der Waals surface area contributed by atoms with Crippen molar-refractivity contribution >= 4 is 38.3 Å². The molecule has 3 saturated heterocycles. The van der Waals surface area contributed by atoms with E-state index in [9.17, 15) is 14.4 Å². The van der Waals surface area contributed by atoms with Crippen LogP contribution in [0.15, 0.2) is 30.3 Å². The van der Waals surface area contributed by atoms with Gasteiger partial charge in [0, 0.05) is 57.3 Å². The number of pyridine rings is 1. The Balaban J connectivity index is 1.13. The molecule has 53 heavy (non-hydrogen) atoms. The number of ether oxygens (including phenoxy) is 3. The Hall–Kier alpha value is -3.72. The maximum atomic E-state index is 17.2. The number of nitrogens with zero attached hydrogens (tertiary/aromatic N) is 5. The highest BCUT2D eigenvalue weighted by Gasteiger charge is 2.58. The molecule has 0 amide bonds. The summed E-state index contributed by atoms with van der Waals surface area (Å²) in [5.41, 5.74) is -1.40. The number of halogens is 2. The second-order valence-electron chi connectivity index (χ2n) is 16.3. The lowest BCUT2D eigenvalue weighted by Crippen LogP contribution is -2.65. The molecule has 3 atom stereocenters. The maximum Gasteiger partial charge on any atom is 0.319 e. The monoisotopic (exact) mass is 749 g/mol. The molecule has 282 valence electrons. The third-order valence-corrected chi connectivity index (χ3v) is 14.3. The van der Waals surface area contributed by atoms with Gasteiger partial charge in [-0.2, -0.15) is 9.97 Å². The van der Waals surface area contributed by atoms with Gasteiger partial charge < -0.3 is 29.3 Å². The largest absolute Gasteiger partial charge is 0.508 e. The lowest BCUT2D eigenvalue weighted by atomic mass is 9.64. The number of aromatic nitrogens is 3. The molecule has 2 aromatic carbocycles. The highest BCUT2D eigenvalue weighted by Crippen LogP contribution is 2.55. The number of aromatic hydroxyl groups is 1. The van der Waals surface area contributed by atoms with Gasteiger partial charge in [-0.15, -0.1) is 0 Å². The van der Waals surface area contributed by atoms with Crippen molar-refractivity contribution in [1.29, 1.82) is 0 Å². The minimum Gasteiger partial charge on any atom is -0.508 e. The van der Waals surface area contributed by atoms with E-state index in [1.54, 1.807) is 13.0 Å². The molecule has 2 aliphatic carbocycles. The van der Waals surface area contributed by atoms with Crippen molar-refractivity contribution in [1.82, 2.24) is 19.9 Å². The van der Waals surface area contributed by atoms with Crippen LogP contribution in [0.4, 0.5) is 14.6 Å². The predicted molar refractivity (Wildman–Crippen MR) is 197 cm³/mol. The summed E-state index contributed by atoms with van der Waals surface area (Å²) >= 11 is 0. The molecule has 14 heteroatoms. The van der Waals surface area contributed by atoms with E-state index in [1.807, 2.05) is 4.90 Å². The molecule has 5 heterocycles. The second kappa shape index (κ2) is 13.0. The molecule has 0 radical (unpaired) electrons. The van der Waals surface area contributed by atoms with Crippen LogP contribution < -0.4 is 14.4 Å². The molecule has 5 fully saturated rings. The number of piperidine rings is 1. The number of anilines is 1. The van der Waals surface area contributed by atoms with Crippen LogP contribution in [0.25, 0.3) is 32.9 Å². The molecular formula is C39H45F2N5O6S. The van der Waals surface area contributed by atoms with E-state index in [4.69, 9.17) is 19.2 Å². The fourth-order valence-electron chi connectivity index (χ4n) is 10.1. The standard InChI is InChI=1S/C39H45F2N5O6S/c1-37(48)18-45(12-13-51-19-37)34-30-33(31(41)32(42-35(30)50-2)26-15-25(47)14-23-6-3-7-27(40)29(23)26)43-36(44-34)52-20-39-9-4-8-28(39)46(11-5-10-39)24-16-38(17-24)21-53(49)22-38/h3,6-7,14-15,24,28,47-48H,4-5,8-13,16-22H2,1-2H3. The van der Waals surface area contributed by atoms with Gasteiger partial charge in [0.25, 0.3) is 0 Å². The fraction of sp³-hybridized carbons (Fsp3) is 0.564. The van der Waals surface area contributed by atoms with Crippen LogP contribution in [0, 0.1) is 22.5 Å². The molecule has 2 saturated carbocycles. The highest BCUT2D eigenvalue weighted by atomic mass is 32.2. The zero-order chi connectivity index (χ0) is 36.7. The van der Waals surface area contributed by atoms with Crippen molar-refractivity contribution < 1.29 is 37.4 Å². The van der Waals surface area contributed by atoms with Crippen LogP contribution in [0.3, 0.4) is 0 Å². The smallest absolute Gasteiger partial charge is 0.319 e. The number of likely N-dealkylation sites (tertiary alicyclic amines) is 1. The van der Waals surface area contributed by atoms with Gasteiger partial charge in [-0.25, -0.2) is 13.8 Å². The Morgan fingerprint density at radius 1 is 1.08 bits per heavy atom. The van der Waals surface area contributed by atoms with E-state index >= 15 is 8.78 Å². The number of hydrogen-bond donors (Lipinski definition) is 2. The number of phenolic OH excluding ortho intramolecular Hbond substituents is 1. The van der Waals surface area contributed by atoms with Gasteiger partial charge in [0.2, 0.25) is 5.88 Å². The Morgan fingerprint density at radius 3 is 2.68 bits per heavy atom. The lowest BCUT2D eigenvalue weighted by molar-refractivity contribution is -0.0719. The van der Waals surface area contributed by atoms with E-state index in [0.29, 0.717) is 37.2 Å². The molecule has 11 nitrogen and oxygen atoms in total. The van der Waals surface area contributed by atoms with Gasteiger partial charge >= 0.3 is 6.01 Å². The highest BCUT2D eigenvalue weighted by molar-refractivity contribution is 7.86. The number of β-amino-alcohol motifs (C(OH)–C–C–N with tert-alkyl or cyclic N) is 1. The van der Waals surface area contributed by atoms with Crippen molar-refractivity contribution in [2.75, 3.05) is 63.0 Å². The maximum absolute atomic E-state index is 17.2. The quantitative estimate of drug-likeness (QED) is 0.254. The number of benzene rings is 2. The van der Waals surface area contributed by atoms with Crippen molar-refractivity contribution in [3.63, 3.8) is 0 Å². The van der Waals surface area contributed by atoms with Gasteiger partial charge in [0.05, 0.1) is 33.5 Å². The number of phenols is 1. The van der Waals surface area contributed by atoms with Crippen molar-refractivity contribution in [2.45, 2.75) is 69.6 Å². The normalized spacial score (nSPS) is 31.6. The summed E-state index contributed by atoms with van der Waals surface area (Å²) in [7, 11) is 0.750. The van der Waals surface area contributed by atoms with Crippen LogP contribution in [-0.2, 0) is 15.5 Å². The molecule has 1 spiro atoms. The zero-order valence-corrected chi connectivity index (χ0v) is 30.9. The Labute approximate surface area is 309 Å². The van der Waals surface area contributed by atoms with Gasteiger partial charge in [-0.1, -0.05) is 18.6 Å². The number of rotatable bonds is 7. The minimum atomic E-state index is -1.23. The Kier molecular flexibility index (Phi) is 8.56. The summed E-state index contributed by atoms with van der Waals surface area (Å²) < 4.78 is 62.5. The number of hydrogen-bond acceptors (Lipinski definition) is 11. The molecule has 0 bridgehead atoms. The zero-order valence-electron chi connectivity index (χ0n) is 30.1. The minimum absolute atomic E-state index is 0.00142. The van der Waals surface area contributed by atoms with E-state index in [-0.39, 0.29) is 75.0 Å². The summed E-state index contributed by atoms with van der Waals surface area (Å²) in [6.45, 7) is 3.96. The third kappa shape index (κ3) is 6.00. The Bertz CT molecular complexity index is 2120. The van der Waals surface area contributed by atoms with Gasteiger partial charge in [0.15, 0.2) is 5.82 Å². The molecule has 2 N–H and O–H groups in total. The molecule has 4 aromatic rings. The molecule has 2 aromatic heterocycles. The topological polar surface area (TPSA) is 130 Å². The first-order valence-corrected chi connectivity index (χ1v) is 20.1. The lowest BCUT2D eigenvalue weighted by Gasteiger charge is -2.60. The third-order valence-electron chi connectivity index (χ3n) is 12.4. The summed E-state index contributed by atoms with van der Waals surface area (Å²) in [6.07, 6.45) is 7.47. The fourth-order valence-corrected chi connectivity index (χ4v) is 11.8. The molecule has 9 rings (SSSR count). The first-order chi connectivity index (χ1) is 25.5. The van der Waals surface area contributed by atoms with Gasteiger partial charge in [-0.05, 0) is 81.0 Å². The van der Waals surface area contributed by atoms with E-state index < -0.39 is 28.0 Å². The van der Waals surface area contributed by atoms with Crippen molar-refractivity contribution in [3.05, 3.63) is 42.0 Å². The molecule has 3 aliphatic heterocycles. The Morgan fingerprint density at radius 2 is 1.89 bits per heavy atom. The van der Waals surface area contributed by atoms with E-state index in [1.165, 1.54) is 31.4 Å². The first kappa shape index (κ1) is 35.0. The summed E-state index contributed by atoms with van der Waals surface area (Å²) in [5.74, 6) is 0.339. The van der Waals surface area contributed by atoms with Crippen LogP contribution in [0.1, 0.15) is 51.9 Å².